The van der Waals surface area contributed by atoms with Gasteiger partial charge in [-0.25, -0.2) is 9.97 Å². The highest BCUT2D eigenvalue weighted by atomic mass is 16.6. The van der Waals surface area contributed by atoms with Crippen LogP contribution in [0.2, 0.25) is 0 Å². The molecule has 0 aliphatic heterocycles. The van der Waals surface area contributed by atoms with Gasteiger partial charge in [0.05, 0.1) is 12.4 Å². The van der Waals surface area contributed by atoms with Gasteiger partial charge in [0.1, 0.15) is 5.75 Å². The maximum atomic E-state index is 8.45. The molecule has 0 aromatic carbocycles. The lowest BCUT2D eigenvalue weighted by Gasteiger charge is -2.09. The van der Waals surface area contributed by atoms with Crippen molar-refractivity contribution in [3.8, 4) is 5.75 Å². The van der Waals surface area contributed by atoms with Crippen LogP contribution >= 0.6 is 0 Å². The third kappa shape index (κ3) is 2.88. The summed E-state index contributed by atoms with van der Waals surface area (Å²) in [5.74, 6) is 0.736. The summed E-state index contributed by atoms with van der Waals surface area (Å²) in [4.78, 5) is 9.52. The lowest BCUT2D eigenvalue weighted by molar-refractivity contribution is 0.287. The van der Waals surface area contributed by atoms with Gasteiger partial charge in [-0.05, 0) is 0 Å². The average molecular weight is 183 g/mol. The number of anilines is 1. The third-order valence-corrected chi connectivity index (χ3v) is 1.26. The number of hydrogen-bond donors (Lipinski definition) is 2. The van der Waals surface area contributed by atoms with Gasteiger partial charge in [0.25, 0.3) is 0 Å². The third-order valence-electron chi connectivity index (χ3n) is 1.26. The molecule has 0 unspecified atom stereocenters. The van der Waals surface area contributed by atoms with E-state index in [-0.39, 0.29) is 5.75 Å². The molecule has 0 fully saturated rings. The predicted octanol–water partition coefficient (Wildman–Crippen LogP) is -1.11. The van der Waals surface area contributed by atoms with Crippen LogP contribution in [0.1, 0.15) is 0 Å². The Balaban J connectivity index is 2.70. The SMILES string of the molecule is CN(C)c1ncc(OB(O)O)cn1. The van der Waals surface area contributed by atoms with Gasteiger partial charge >= 0.3 is 7.32 Å². The molecular formula is C6H10BN3O3. The second-order valence-corrected chi connectivity index (χ2v) is 2.56. The Labute approximate surface area is 76.0 Å². The van der Waals surface area contributed by atoms with Crippen molar-refractivity contribution in [3.63, 3.8) is 0 Å². The lowest BCUT2D eigenvalue weighted by Crippen LogP contribution is -2.21. The van der Waals surface area contributed by atoms with E-state index in [4.69, 9.17) is 10.0 Å². The second kappa shape index (κ2) is 4.06. The Morgan fingerprint density at radius 2 is 1.85 bits per heavy atom. The van der Waals surface area contributed by atoms with Gasteiger partial charge in [-0.1, -0.05) is 0 Å². The minimum absolute atomic E-state index is 0.209. The topological polar surface area (TPSA) is 78.7 Å². The minimum Gasteiger partial charge on any atom is -0.509 e. The van der Waals surface area contributed by atoms with Crippen LogP contribution in [0, 0.1) is 0 Å². The summed E-state index contributed by atoms with van der Waals surface area (Å²) < 4.78 is 4.52. The molecule has 0 saturated heterocycles. The van der Waals surface area contributed by atoms with Crippen LogP contribution in [-0.4, -0.2) is 41.4 Å². The lowest BCUT2D eigenvalue weighted by atomic mass is 10.2. The van der Waals surface area contributed by atoms with Crippen LogP contribution in [0.3, 0.4) is 0 Å². The van der Waals surface area contributed by atoms with Gasteiger partial charge < -0.3 is 19.6 Å². The fourth-order valence-electron chi connectivity index (χ4n) is 0.723. The first kappa shape index (κ1) is 9.75. The van der Waals surface area contributed by atoms with E-state index in [0.717, 1.165) is 0 Å². The molecule has 0 aliphatic rings. The zero-order valence-electron chi connectivity index (χ0n) is 7.38. The first-order valence-corrected chi connectivity index (χ1v) is 3.62. The quantitative estimate of drug-likeness (QED) is 0.578. The fourth-order valence-corrected chi connectivity index (χ4v) is 0.723. The summed E-state index contributed by atoms with van der Waals surface area (Å²) in [6, 6.07) is 0. The van der Waals surface area contributed by atoms with Crippen molar-refractivity contribution < 1.29 is 14.7 Å². The van der Waals surface area contributed by atoms with Crippen LogP contribution in [0.15, 0.2) is 12.4 Å². The highest BCUT2D eigenvalue weighted by Gasteiger charge is 2.11. The van der Waals surface area contributed by atoms with Crippen molar-refractivity contribution in [1.82, 2.24) is 9.97 Å². The number of rotatable bonds is 3. The molecule has 13 heavy (non-hydrogen) atoms. The molecule has 0 aliphatic carbocycles. The van der Waals surface area contributed by atoms with E-state index in [1.165, 1.54) is 12.4 Å². The molecule has 7 heteroatoms. The summed E-state index contributed by atoms with van der Waals surface area (Å²) in [5.41, 5.74) is 0. The van der Waals surface area contributed by atoms with Crippen LogP contribution in [0.4, 0.5) is 5.95 Å². The monoisotopic (exact) mass is 183 g/mol. The normalized spacial score (nSPS) is 9.54. The molecule has 0 bridgehead atoms. The van der Waals surface area contributed by atoms with Crippen molar-refractivity contribution in [2.75, 3.05) is 19.0 Å². The molecule has 0 atom stereocenters. The minimum atomic E-state index is -1.84. The molecule has 2 N–H and O–H groups in total. The molecule has 0 saturated carbocycles. The molecule has 70 valence electrons. The van der Waals surface area contributed by atoms with Gasteiger partial charge in [0.15, 0.2) is 0 Å². The molecular weight excluding hydrogens is 173 g/mol. The van der Waals surface area contributed by atoms with E-state index in [1.54, 1.807) is 19.0 Å². The smallest absolute Gasteiger partial charge is 0.509 e. The standard InChI is InChI=1S/C6H10BN3O3/c1-10(2)6-8-3-5(4-9-6)13-7(11)12/h3-4,11-12H,1-2H3. The van der Waals surface area contributed by atoms with Gasteiger partial charge in [-0.15, -0.1) is 0 Å². The summed E-state index contributed by atoms with van der Waals surface area (Å²) in [6.45, 7) is 0. The van der Waals surface area contributed by atoms with Crippen molar-refractivity contribution >= 4 is 13.3 Å². The molecule has 1 heterocycles. The largest absolute Gasteiger partial charge is 0.707 e. The second-order valence-electron chi connectivity index (χ2n) is 2.56. The van der Waals surface area contributed by atoms with E-state index in [0.29, 0.717) is 5.95 Å². The molecule has 1 rings (SSSR count). The summed E-state index contributed by atoms with van der Waals surface area (Å²) in [5, 5.41) is 16.9. The van der Waals surface area contributed by atoms with Crippen LogP contribution in [-0.2, 0) is 0 Å². The van der Waals surface area contributed by atoms with Crippen molar-refractivity contribution in [2.24, 2.45) is 0 Å². The molecule has 1 aromatic rings. The maximum Gasteiger partial charge on any atom is 0.707 e. The van der Waals surface area contributed by atoms with Crippen molar-refractivity contribution in [1.29, 1.82) is 0 Å². The first-order valence-electron chi connectivity index (χ1n) is 3.62. The summed E-state index contributed by atoms with van der Waals surface area (Å²) >= 11 is 0. The zero-order chi connectivity index (χ0) is 9.84. The van der Waals surface area contributed by atoms with E-state index in [9.17, 15) is 0 Å². The number of nitrogens with zero attached hydrogens (tertiary/aromatic N) is 3. The van der Waals surface area contributed by atoms with E-state index in [1.807, 2.05) is 0 Å². The van der Waals surface area contributed by atoms with E-state index in [2.05, 4.69) is 14.6 Å². The molecule has 6 nitrogen and oxygen atoms in total. The highest BCUT2D eigenvalue weighted by molar-refractivity contribution is 6.33. The maximum absolute atomic E-state index is 8.45. The summed E-state index contributed by atoms with van der Waals surface area (Å²) in [6.07, 6.45) is 2.73. The van der Waals surface area contributed by atoms with Gasteiger partial charge in [0.2, 0.25) is 5.95 Å². The van der Waals surface area contributed by atoms with Gasteiger partial charge in [-0.3, -0.25) is 0 Å². The molecule has 0 radical (unpaired) electrons. The van der Waals surface area contributed by atoms with Crippen LogP contribution in [0.25, 0.3) is 0 Å². The molecule has 1 aromatic heterocycles. The van der Waals surface area contributed by atoms with Crippen molar-refractivity contribution in [3.05, 3.63) is 12.4 Å². The average Bonchev–Trinajstić information content (AvgIpc) is 2.04. The Morgan fingerprint density at radius 1 is 1.31 bits per heavy atom. The van der Waals surface area contributed by atoms with Gasteiger partial charge in [0, 0.05) is 14.1 Å². The molecule has 0 spiro atoms. The number of hydrogen-bond acceptors (Lipinski definition) is 6. The Kier molecular flexibility index (Phi) is 3.05. The molecule has 0 amide bonds. The van der Waals surface area contributed by atoms with Crippen LogP contribution in [0.5, 0.6) is 5.75 Å². The Morgan fingerprint density at radius 3 is 2.23 bits per heavy atom. The predicted molar refractivity (Wildman–Crippen MR) is 47.2 cm³/mol. The first-order chi connectivity index (χ1) is 6.09. The summed E-state index contributed by atoms with van der Waals surface area (Å²) in [7, 11) is 1.77. The fraction of sp³-hybridized carbons (Fsp3) is 0.333. The highest BCUT2D eigenvalue weighted by Crippen LogP contribution is 2.09. The Bertz CT molecular complexity index is 264. The van der Waals surface area contributed by atoms with Gasteiger partial charge in [-0.2, -0.15) is 0 Å². The number of aromatic nitrogens is 2. The van der Waals surface area contributed by atoms with E-state index >= 15 is 0 Å². The van der Waals surface area contributed by atoms with Crippen LogP contribution < -0.4 is 9.55 Å². The zero-order valence-corrected chi connectivity index (χ0v) is 7.38. The van der Waals surface area contributed by atoms with Crippen molar-refractivity contribution in [2.45, 2.75) is 0 Å². The Hall–Kier alpha value is -1.34. The van der Waals surface area contributed by atoms with E-state index < -0.39 is 7.32 Å².